The van der Waals surface area contributed by atoms with Gasteiger partial charge in [0, 0.05) is 31.8 Å². The third-order valence-corrected chi connectivity index (χ3v) is 4.25. The van der Waals surface area contributed by atoms with Crippen LogP contribution in [0.1, 0.15) is 38.5 Å². The number of aliphatic carboxylic acids is 1. The van der Waals surface area contributed by atoms with Crippen molar-refractivity contribution in [3.63, 3.8) is 0 Å². The zero-order valence-electron chi connectivity index (χ0n) is 12.0. The second kappa shape index (κ2) is 6.89. The lowest BCUT2D eigenvalue weighted by Gasteiger charge is -2.21. The van der Waals surface area contributed by atoms with Crippen molar-refractivity contribution in [2.75, 3.05) is 13.1 Å². The van der Waals surface area contributed by atoms with Crippen LogP contribution >= 0.6 is 0 Å². The lowest BCUT2D eigenvalue weighted by atomic mass is 10.1. The normalized spacial score (nSPS) is 26.0. The Bertz CT molecular complexity index is 420. The van der Waals surface area contributed by atoms with Crippen LogP contribution in [0, 0.1) is 5.92 Å². The number of carbonyl (C=O) groups excluding carboxylic acids is 2. The van der Waals surface area contributed by atoms with Gasteiger partial charge in [-0.05, 0) is 12.8 Å². The van der Waals surface area contributed by atoms with Crippen LogP contribution in [0.4, 0.5) is 0 Å². The van der Waals surface area contributed by atoms with E-state index in [4.69, 9.17) is 5.11 Å². The Morgan fingerprint density at radius 1 is 1.19 bits per heavy atom. The Labute approximate surface area is 123 Å². The van der Waals surface area contributed by atoms with Crippen LogP contribution in [-0.4, -0.2) is 58.1 Å². The summed E-state index contributed by atoms with van der Waals surface area (Å²) in [5.74, 6) is -1.41. The van der Waals surface area contributed by atoms with E-state index >= 15 is 0 Å². The average molecular weight is 298 g/mol. The fourth-order valence-electron chi connectivity index (χ4n) is 3.09. The number of hydrogen-bond donors (Lipinski definition) is 3. The SMILES string of the molecule is O=C(NCCC(=O)N1CC(O)C[C@H]1C(=O)O)C1CCCC1. The van der Waals surface area contributed by atoms with Gasteiger partial charge >= 0.3 is 5.97 Å². The van der Waals surface area contributed by atoms with Crippen molar-refractivity contribution in [2.24, 2.45) is 5.92 Å². The number of carbonyl (C=O) groups is 3. The molecule has 118 valence electrons. The molecule has 2 atom stereocenters. The smallest absolute Gasteiger partial charge is 0.326 e. The van der Waals surface area contributed by atoms with Crippen molar-refractivity contribution in [3.05, 3.63) is 0 Å². The van der Waals surface area contributed by atoms with E-state index in [1.807, 2.05) is 0 Å². The molecule has 7 nitrogen and oxygen atoms in total. The van der Waals surface area contributed by atoms with E-state index in [9.17, 15) is 19.5 Å². The largest absolute Gasteiger partial charge is 0.480 e. The molecule has 0 bridgehead atoms. The summed E-state index contributed by atoms with van der Waals surface area (Å²) in [6, 6.07) is -0.960. The molecule has 3 N–H and O–H groups in total. The van der Waals surface area contributed by atoms with Crippen LogP contribution in [-0.2, 0) is 14.4 Å². The zero-order chi connectivity index (χ0) is 15.4. The standard InChI is InChI=1S/C14H22N2O5/c17-10-7-11(14(20)21)16(8-10)12(18)5-6-15-13(19)9-3-1-2-4-9/h9-11,17H,1-8H2,(H,15,19)(H,20,21)/t10?,11-/m0/s1. The fraction of sp³-hybridized carbons (Fsp3) is 0.786. The summed E-state index contributed by atoms with van der Waals surface area (Å²) in [7, 11) is 0. The number of carboxylic acid groups (broad SMARTS) is 1. The molecule has 2 rings (SSSR count). The first-order valence-corrected chi connectivity index (χ1v) is 7.47. The summed E-state index contributed by atoms with van der Waals surface area (Å²) in [6.45, 7) is 0.263. The van der Waals surface area contributed by atoms with E-state index in [0.29, 0.717) is 0 Å². The van der Waals surface area contributed by atoms with E-state index in [2.05, 4.69) is 5.32 Å². The molecule has 0 aromatic rings. The number of aliphatic hydroxyl groups excluding tert-OH is 1. The molecule has 0 spiro atoms. The Morgan fingerprint density at radius 2 is 1.86 bits per heavy atom. The summed E-state index contributed by atoms with van der Waals surface area (Å²) in [6.07, 6.45) is 3.29. The molecule has 7 heteroatoms. The highest BCUT2D eigenvalue weighted by molar-refractivity contribution is 5.85. The second-order valence-electron chi connectivity index (χ2n) is 5.81. The minimum absolute atomic E-state index is 0.0171. The monoisotopic (exact) mass is 298 g/mol. The van der Waals surface area contributed by atoms with Gasteiger partial charge in [-0.1, -0.05) is 12.8 Å². The maximum atomic E-state index is 12.0. The van der Waals surface area contributed by atoms with Crippen molar-refractivity contribution in [3.8, 4) is 0 Å². The highest BCUT2D eigenvalue weighted by Crippen LogP contribution is 2.24. The predicted octanol–water partition coefficient (Wildman–Crippen LogP) is -0.271. The summed E-state index contributed by atoms with van der Waals surface area (Å²) in [5.41, 5.74) is 0. The van der Waals surface area contributed by atoms with E-state index in [-0.39, 0.29) is 43.7 Å². The van der Waals surface area contributed by atoms with E-state index < -0.39 is 18.1 Å². The van der Waals surface area contributed by atoms with Gasteiger partial charge in [-0.3, -0.25) is 9.59 Å². The molecule has 1 unspecified atom stereocenters. The summed E-state index contributed by atoms with van der Waals surface area (Å²) >= 11 is 0. The Hall–Kier alpha value is -1.63. The van der Waals surface area contributed by atoms with Crippen molar-refractivity contribution < 1.29 is 24.6 Å². The fourth-order valence-corrected chi connectivity index (χ4v) is 3.09. The third kappa shape index (κ3) is 3.93. The first-order chi connectivity index (χ1) is 9.99. The molecule has 0 aromatic heterocycles. The zero-order valence-corrected chi connectivity index (χ0v) is 12.0. The highest BCUT2D eigenvalue weighted by atomic mass is 16.4. The number of amides is 2. The van der Waals surface area contributed by atoms with Crippen LogP contribution in [0.2, 0.25) is 0 Å². The molecule has 1 aliphatic carbocycles. The number of carboxylic acids is 1. The first kappa shape index (κ1) is 15.8. The molecular weight excluding hydrogens is 276 g/mol. The molecule has 2 aliphatic rings. The van der Waals surface area contributed by atoms with Crippen LogP contribution in [0.5, 0.6) is 0 Å². The van der Waals surface area contributed by atoms with Gasteiger partial charge in [0.2, 0.25) is 11.8 Å². The summed E-state index contributed by atoms with van der Waals surface area (Å²) < 4.78 is 0. The van der Waals surface area contributed by atoms with Gasteiger partial charge in [-0.2, -0.15) is 0 Å². The maximum Gasteiger partial charge on any atom is 0.326 e. The summed E-state index contributed by atoms with van der Waals surface area (Å²) in [4.78, 5) is 36.0. The minimum Gasteiger partial charge on any atom is -0.480 e. The molecule has 2 amide bonds. The Morgan fingerprint density at radius 3 is 2.48 bits per heavy atom. The van der Waals surface area contributed by atoms with Crippen molar-refractivity contribution in [1.29, 1.82) is 0 Å². The Kier molecular flexibility index (Phi) is 5.17. The van der Waals surface area contributed by atoms with Gasteiger partial charge in [0.25, 0.3) is 0 Å². The van der Waals surface area contributed by atoms with Crippen LogP contribution in [0.3, 0.4) is 0 Å². The predicted molar refractivity (Wildman–Crippen MR) is 73.3 cm³/mol. The quantitative estimate of drug-likeness (QED) is 0.647. The highest BCUT2D eigenvalue weighted by Gasteiger charge is 2.38. The van der Waals surface area contributed by atoms with Gasteiger partial charge < -0.3 is 20.4 Å². The lowest BCUT2D eigenvalue weighted by Crippen LogP contribution is -2.42. The Balaban J connectivity index is 1.76. The van der Waals surface area contributed by atoms with E-state index in [0.717, 1.165) is 25.7 Å². The molecule has 1 heterocycles. The molecular formula is C14H22N2O5. The number of hydrogen-bond acceptors (Lipinski definition) is 4. The van der Waals surface area contributed by atoms with Crippen molar-refractivity contribution >= 4 is 17.8 Å². The average Bonchev–Trinajstić information content (AvgIpc) is 3.07. The van der Waals surface area contributed by atoms with Crippen molar-refractivity contribution in [1.82, 2.24) is 10.2 Å². The maximum absolute atomic E-state index is 12.0. The minimum atomic E-state index is -1.10. The molecule has 0 radical (unpaired) electrons. The van der Waals surface area contributed by atoms with Gasteiger partial charge in [0.15, 0.2) is 0 Å². The van der Waals surface area contributed by atoms with Crippen LogP contribution in [0.25, 0.3) is 0 Å². The van der Waals surface area contributed by atoms with E-state index in [1.165, 1.54) is 4.90 Å². The number of β-amino-alcohol motifs (C(OH)–C–C–N with tert-alkyl or cyclic N) is 1. The molecule has 1 aliphatic heterocycles. The number of likely N-dealkylation sites (tertiary alicyclic amines) is 1. The number of nitrogens with one attached hydrogen (secondary N) is 1. The van der Waals surface area contributed by atoms with Gasteiger partial charge in [0.1, 0.15) is 6.04 Å². The number of rotatable bonds is 5. The second-order valence-corrected chi connectivity index (χ2v) is 5.81. The molecule has 2 fully saturated rings. The molecule has 21 heavy (non-hydrogen) atoms. The molecule has 1 saturated heterocycles. The van der Waals surface area contributed by atoms with Gasteiger partial charge in [-0.15, -0.1) is 0 Å². The van der Waals surface area contributed by atoms with Crippen molar-refractivity contribution in [2.45, 2.75) is 50.7 Å². The number of nitrogens with zero attached hydrogens (tertiary/aromatic N) is 1. The summed E-state index contributed by atoms with van der Waals surface area (Å²) in [5, 5.41) is 21.3. The molecule has 1 saturated carbocycles. The first-order valence-electron chi connectivity index (χ1n) is 7.47. The van der Waals surface area contributed by atoms with Gasteiger partial charge in [0.05, 0.1) is 6.10 Å². The molecule has 0 aromatic carbocycles. The topological polar surface area (TPSA) is 107 Å². The lowest BCUT2D eigenvalue weighted by molar-refractivity contribution is -0.148. The van der Waals surface area contributed by atoms with Crippen LogP contribution < -0.4 is 5.32 Å². The van der Waals surface area contributed by atoms with Gasteiger partial charge in [-0.25, -0.2) is 4.79 Å². The number of aliphatic hydroxyl groups is 1. The van der Waals surface area contributed by atoms with Crippen LogP contribution in [0.15, 0.2) is 0 Å². The third-order valence-electron chi connectivity index (χ3n) is 4.25. The van der Waals surface area contributed by atoms with E-state index in [1.54, 1.807) is 0 Å².